The zero-order chi connectivity index (χ0) is 21.8. The summed E-state index contributed by atoms with van der Waals surface area (Å²) >= 11 is 1.31. The van der Waals surface area contributed by atoms with Gasteiger partial charge in [-0.15, -0.1) is 5.10 Å². The topological polar surface area (TPSA) is 106 Å². The number of aryl methyl sites for hydroxylation is 1. The molecule has 1 aliphatic heterocycles. The highest BCUT2D eigenvalue weighted by molar-refractivity contribution is 8.00. The largest absolute Gasteiger partial charge is 0.450 e. The van der Waals surface area contributed by atoms with Gasteiger partial charge in [-0.25, -0.2) is 14.8 Å². The first-order chi connectivity index (χ1) is 15.1. The van der Waals surface area contributed by atoms with Crippen LogP contribution in [0.5, 0.6) is 0 Å². The summed E-state index contributed by atoms with van der Waals surface area (Å²) in [7, 11) is 0. The molecule has 0 spiro atoms. The third-order valence-corrected chi connectivity index (χ3v) is 5.94. The number of piperazine rings is 1. The lowest BCUT2D eigenvalue weighted by molar-refractivity contribution is -0.129. The zero-order valence-electron chi connectivity index (χ0n) is 17.4. The van der Waals surface area contributed by atoms with Gasteiger partial charge in [-0.3, -0.25) is 4.79 Å². The smallest absolute Gasteiger partial charge is 0.409 e. The predicted molar refractivity (Wildman–Crippen MR) is 115 cm³/mol. The number of nitrogens with zero attached hydrogens (tertiary/aromatic N) is 7. The average Bonchev–Trinajstić information content (AvgIpc) is 3.23. The molecule has 1 aromatic carbocycles. The van der Waals surface area contributed by atoms with Crippen LogP contribution in [0.2, 0.25) is 0 Å². The summed E-state index contributed by atoms with van der Waals surface area (Å²) < 4.78 is 6.68. The molecule has 0 N–H and O–H groups in total. The molecule has 31 heavy (non-hydrogen) atoms. The molecule has 0 aliphatic carbocycles. The van der Waals surface area contributed by atoms with Crippen molar-refractivity contribution in [2.75, 3.05) is 38.5 Å². The molecule has 2 amide bonds. The highest BCUT2D eigenvalue weighted by Gasteiger charge is 2.25. The van der Waals surface area contributed by atoms with Gasteiger partial charge in [-0.05, 0) is 26.0 Å². The molecule has 2 aromatic heterocycles. The van der Waals surface area contributed by atoms with Crippen LogP contribution in [-0.4, -0.2) is 85.3 Å². The van der Waals surface area contributed by atoms with Gasteiger partial charge in [-0.2, -0.15) is 4.68 Å². The Bertz CT molecular complexity index is 1080. The summed E-state index contributed by atoms with van der Waals surface area (Å²) in [5.41, 5.74) is 3.17. The van der Waals surface area contributed by atoms with Crippen LogP contribution in [0.15, 0.2) is 35.6 Å². The maximum absolute atomic E-state index is 12.7. The molecule has 0 unspecified atom stereocenters. The Morgan fingerprint density at radius 1 is 1.06 bits per heavy atom. The molecule has 162 valence electrons. The Labute approximate surface area is 183 Å². The van der Waals surface area contributed by atoms with Crippen molar-refractivity contribution in [3.63, 3.8) is 0 Å². The predicted octanol–water partition coefficient (Wildman–Crippen LogP) is 1.91. The number of rotatable bonds is 5. The summed E-state index contributed by atoms with van der Waals surface area (Å²) in [5, 5.41) is 9.07. The lowest BCUT2D eigenvalue weighted by Crippen LogP contribution is -2.51. The van der Waals surface area contributed by atoms with E-state index in [1.165, 1.54) is 18.1 Å². The van der Waals surface area contributed by atoms with Gasteiger partial charge in [0.25, 0.3) is 0 Å². The summed E-state index contributed by atoms with van der Waals surface area (Å²) in [5.74, 6) is 0.217. The van der Waals surface area contributed by atoms with Gasteiger partial charge in [0.15, 0.2) is 11.2 Å². The number of thioether (sulfide) groups is 1. The van der Waals surface area contributed by atoms with Crippen molar-refractivity contribution in [3.8, 4) is 5.69 Å². The molecule has 10 nitrogen and oxygen atoms in total. The van der Waals surface area contributed by atoms with Crippen molar-refractivity contribution in [3.05, 3.63) is 36.2 Å². The Morgan fingerprint density at radius 3 is 2.48 bits per heavy atom. The first kappa shape index (κ1) is 21.0. The standard InChI is InChI=1S/C20H23N7O3S/c1-3-30-20(29)26-10-8-25(9-11-26)16(28)12-31-19-17-18(21-13-22-19)27(24-23-17)15-6-4-14(2)5-7-15/h4-7,13H,3,8-12H2,1-2H3. The van der Waals surface area contributed by atoms with Gasteiger partial charge in [0.2, 0.25) is 5.91 Å². The first-order valence-corrected chi connectivity index (χ1v) is 11.0. The minimum absolute atomic E-state index is 0.00815. The number of benzene rings is 1. The Hall–Kier alpha value is -3.21. The highest BCUT2D eigenvalue weighted by Crippen LogP contribution is 2.24. The average molecular weight is 442 g/mol. The summed E-state index contributed by atoms with van der Waals surface area (Å²) in [4.78, 5) is 36.5. The van der Waals surface area contributed by atoms with Crippen LogP contribution < -0.4 is 0 Å². The lowest BCUT2D eigenvalue weighted by atomic mass is 10.2. The van der Waals surface area contributed by atoms with Gasteiger partial charge in [0.1, 0.15) is 11.4 Å². The van der Waals surface area contributed by atoms with E-state index in [1.54, 1.807) is 21.4 Å². The van der Waals surface area contributed by atoms with Crippen molar-refractivity contribution >= 4 is 34.9 Å². The molecule has 0 saturated carbocycles. The van der Waals surface area contributed by atoms with E-state index in [9.17, 15) is 9.59 Å². The quantitative estimate of drug-likeness (QED) is 0.437. The van der Waals surface area contributed by atoms with Gasteiger partial charge in [-0.1, -0.05) is 34.7 Å². The van der Waals surface area contributed by atoms with Crippen molar-refractivity contribution in [2.24, 2.45) is 0 Å². The maximum Gasteiger partial charge on any atom is 0.409 e. The Balaban J connectivity index is 1.40. The van der Waals surface area contributed by atoms with Crippen LogP contribution in [0.4, 0.5) is 4.79 Å². The lowest BCUT2D eigenvalue weighted by Gasteiger charge is -2.34. The number of fused-ring (bicyclic) bond motifs is 1. The summed E-state index contributed by atoms with van der Waals surface area (Å²) in [6.45, 7) is 6.06. The van der Waals surface area contributed by atoms with Crippen LogP contribution in [-0.2, 0) is 9.53 Å². The van der Waals surface area contributed by atoms with E-state index in [-0.39, 0.29) is 17.8 Å². The molecule has 0 radical (unpaired) electrons. The van der Waals surface area contributed by atoms with Gasteiger partial charge in [0.05, 0.1) is 18.0 Å². The number of aromatic nitrogens is 5. The van der Waals surface area contributed by atoms with E-state index in [4.69, 9.17) is 4.74 Å². The van der Waals surface area contributed by atoms with Crippen LogP contribution in [0.1, 0.15) is 12.5 Å². The van der Waals surface area contributed by atoms with Crippen molar-refractivity contribution < 1.29 is 14.3 Å². The molecule has 3 heterocycles. The van der Waals surface area contributed by atoms with Crippen LogP contribution >= 0.6 is 11.8 Å². The monoisotopic (exact) mass is 441 g/mol. The van der Waals surface area contributed by atoms with E-state index in [0.717, 1.165) is 11.3 Å². The molecule has 1 fully saturated rings. The third kappa shape index (κ3) is 4.61. The summed E-state index contributed by atoms with van der Waals surface area (Å²) in [6.07, 6.45) is 1.13. The van der Waals surface area contributed by atoms with Crippen molar-refractivity contribution in [2.45, 2.75) is 18.9 Å². The van der Waals surface area contributed by atoms with Crippen molar-refractivity contribution in [1.29, 1.82) is 0 Å². The number of amides is 2. The second-order valence-corrected chi connectivity index (χ2v) is 8.01. The third-order valence-electron chi connectivity index (χ3n) is 4.97. The van der Waals surface area contributed by atoms with E-state index in [0.29, 0.717) is 49.0 Å². The van der Waals surface area contributed by atoms with Gasteiger partial charge in [0, 0.05) is 26.2 Å². The SMILES string of the molecule is CCOC(=O)N1CCN(C(=O)CSc2ncnc3c2nnn3-c2ccc(C)cc2)CC1. The molecular weight excluding hydrogens is 418 g/mol. The fourth-order valence-corrected chi connectivity index (χ4v) is 4.10. The first-order valence-electron chi connectivity index (χ1n) is 10.0. The summed E-state index contributed by atoms with van der Waals surface area (Å²) in [6, 6.07) is 7.91. The molecule has 1 saturated heterocycles. The zero-order valence-corrected chi connectivity index (χ0v) is 18.2. The van der Waals surface area contributed by atoms with Gasteiger partial charge < -0.3 is 14.5 Å². The Kier molecular flexibility index (Phi) is 6.31. The number of ether oxygens (including phenoxy) is 1. The minimum atomic E-state index is -0.330. The molecule has 11 heteroatoms. The fraction of sp³-hybridized carbons (Fsp3) is 0.400. The second-order valence-electron chi connectivity index (χ2n) is 7.04. The van der Waals surface area contributed by atoms with Crippen LogP contribution in [0, 0.1) is 6.92 Å². The number of hydrogen-bond donors (Lipinski definition) is 0. The van der Waals surface area contributed by atoms with Crippen LogP contribution in [0.3, 0.4) is 0 Å². The molecule has 0 atom stereocenters. The molecule has 4 rings (SSSR count). The maximum atomic E-state index is 12.7. The van der Waals surface area contributed by atoms with E-state index in [1.807, 2.05) is 31.2 Å². The van der Waals surface area contributed by atoms with E-state index in [2.05, 4.69) is 20.3 Å². The second kappa shape index (κ2) is 9.29. The number of carbonyl (C=O) groups is 2. The number of carbonyl (C=O) groups excluding carboxylic acids is 2. The molecular formula is C20H23N7O3S. The number of hydrogen-bond acceptors (Lipinski definition) is 8. The Morgan fingerprint density at radius 2 is 1.77 bits per heavy atom. The van der Waals surface area contributed by atoms with Crippen molar-refractivity contribution in [1.82, 2.24) is 34.8 Å². The highest BCUT2D eigenvalue weighted by atomic mass is 32.2. The minimum Gasteiger partial charge on any atom is -0.450 e. The molecule has 0 bridgehead atoms. The molecule has 1 aliphatic rings. The fourth-order valence-electron chi connectivity index (χ4n) is 3.27. The molecule has 3 aromatic rings. The van der Waals surface area contributed by atoms with E-state index >= 15 is 0 Å². The normalized spacial score (nSPS) is 14.1. The van der Waals surface area contributed by atoms with E-state index < -0.39 is 0 Å². The van der Waals surface area contributed by atoms with Gasteiger partial charge >= 0.3 is 6.09 Å². The van der Waals surface area contributed by atoms with Crippen LogP contribution in [0.25, 0.3) is 16.9 Å².